The minimum Gasteiger partial charge on any atom is -0.332 e. The molecule has 2 N–H and O–H groups in total. The van der Waals surface area contributed by atoms with Crippen LogP contribution in [0.1, 0.15) is 20.3 Å². The summed E-state index contributed by atoms with van der Waals surface area (Å²) in [4.78, 5) is 41.2. The topological polar surface area (TPSA) is 74.2 Å². The van der Waals surface area contributed by atoms with Crippen LogP contribution in [-0.2, 0) is 14.4 Å². The number of piperazine rings is 1. The van der Waals surface area contributed by atoms with E-state index < -0.39 is 0 Å². The lowest BCUT2D eigenvalue weighted by molar-refractivity contribution is -0.895. The van der Waals surface area contributed by atoms with Gasteiger partial charge < -0.3 is 20.0 Å². The number of rotatable bonds is 2. The number of quaternary nitrogens is 1. The zero-order valence-corrected chi connectivity index (χ0v) is 14.7. The summed E-state index contributed by atoms with van der Waals surface area (Å²) in [7, 11) is 0. The maximum atomic E-state index is 13.0. The molecule has 1 aromatic rings. The summed E-state index contributed by atoms with van der Waals surface area (Å²) < 4.78 is 0. The van der Waals surface area contributed by atoms with E-state index in [2.05, 4.69) is 5.32 Å². The first-order chi connectivity index (χ1) is 12.0. The number of carbonyl (C=O) groups excluding carboxylic acids is 3. The highest BCUT2D eigenvalue weighted by Gasteiger charge is 2.32. The molecule has 0 aromatic heterocycles. The van der Waals surface area contributed by atoms with Crippen molar-refractivity contribution in [2.24, 2.45) is 0 Å². The zero-order chi connectivity index (χ0) is 18.0. The van der Waals surface area contributed by atoms with E-state index in [0.717, 1.165) is 18.8 Å². The lowest BCUT2D eigenvalue weighted by Gasteiger charge is -2.33. The number of hydrogen-bond donors (Lipinski definition) is 2. The quantitative estimate of drug-likeness (QED) is 0.759. The van der Waals surface area contributed by atoms with Crippen molar-refractivity contribution in [3.63, 3.8) is 0 Å². The van der Waals surface area contributed by atoms with Gasteiger partial charge in [0, 0.05) is 19.4 Å². The summed E-state index contributed by atoms with van der Waals surface area (Å²) in [5.41, 5.74) is 1.44. The second-order valence-corrected chi connectivity index (χ2v) is 6.82. The van der Waals surface area contributed by atoms with Crippen molar-refractivity contribution >= 4 is 29.1 Å². The molecule has 1 saturated heterocycles. The molecule has 0 unspecified atom stereocenters. The summed E-state index contributed by atoms with van der Waals surface area (Å²) in [6.45, 7) is 6.77. The third-order valence-electron chi connectivity index (χ3n) is 4.95. The molecule has 25 heavy (non-hydrogen) atoms. The molecule has 1 atom stereocenters. The van der Waals surface area contributed by atoms with Crippen molar-refractivity contribution in [3.05, 3.63) is 24.3 Å². The number of benzene rings is 1. The molecule has 2 aliphatic heterocycles. The monoisotopic (exact) mass is 345 g/mol. The fourth-order valence-electron chi connectivity index (χ4n) is 3.58. The van der Waals surface area contributed by atoms with Gasteiger partial charge >= 0.3 is 0 Å². The van der Waals surface area contributed by atoms with E-state index in [-0.39, 0.29) is 30.2 Å². The van der Waals surface area contributed by atoms with Gasteiger partial charge in [-0.1, -0.05) is 12.1 Å². The predicted molar refractivity (Wildman–Crippen MR) is 94.5 cm³/mol. The van der Waals surface area contributed by atoms with Gasteiger partial charge in [0.1, 0.15) is 0 Å². The Morgan fingerprint density at radius 3 is 2.60 bits per heavy atom. The van der Waals surface area contributed by atoms with Crippen LogP contribution in [0, 0.1) is 0 Å². The van der Waals surface area contributed by atoms with Crippen molar-refractivity contribution in [2.75, 3.05) is 42.9 Å². The van der Waals surface area contributed by atoms with Gasteiger partial charge in [-0.25, -0.2) is 0 Å². The number of hydrogen-bond acceptors (Lipinski definition) is 3. The highest BCUT2D eigenvalue weighted by atomic mass is 16.2. The first-order valence-corrected chi connectivity index (χ1v) is 8.75. The Labute approximate surface area is 147 Å². The fraction of sp³-hybridized carbons (Fsp3) is 0.500. The van der Waals surface area contributed by atoms with E-state index in [4.69, 9.17) is 0 Å². The molecule has 0 spiro atoms. The van der Waals surface area contributed by atoms with Crippen LogP contribution in [0.5, 0.6) is 0 Å². The largest absolute Gasteiger partial charge is 0.332 e. The predicted octanol–water partition coefficient (Wildman–Crippen LogP) is -0.503. The smallest absolute Gasteiger partial charge is 0.282 e. The number of amides is 3. The highest BCUT2D eigenvalue weighted by Crippen LogP contribution is 2.30. The molecule has 0 aliphatic carbocycles. The number of nitrogens with one attached hydrogen (secondary N) is 2. The third-order valence-corrected chi connectivity index (χ3v) is 4.95. The van der Waals surface area contributed by atoms with Gasteiger partial charge in [-0.2, -0.15) is 0 Å². The first-order valence-electron chi connectivity index (χ1n) is 8.75. The summed E-state index contributed by atoms with van der Waals surface area (Å²) in [5.74, 6) is 0.0328. The summed E-state index contributed by atoms with van der Waals surface area (Å²) in [6.07, 6.45) is 0.286. The second-order valence-electron chi connectivity index (χ2n) is 6.82. The molecule has 0 bridgehead atoms. The van der Waals surface area contributed by atoms with Crippen LogP contribution < -0.4 is 15.1 Å². The van der Waals surface area contributed by atoms with Crippen LogP contribution in [-0.4, -0.2) is 61.4 Å². The molecule has 3 rings (SSSR count). The molecule has 1 aromatic carbocycles. The maximum Gasteiger partial charge on any atom is 0.282 e. The van der Waals surface area contributed by atoms with E-state index in [1.165, 1.54) is 4.90 Å². The first kappa shape index (κ1) is 17.4. The normalized spacial score (nSPS) is 21.4. The van der Waals surface area contributed by atoms with Gasteiger partial charge in [-0.15, -0.1) is 0 Å². The Kier molecular flexibility index (Phi) is 5.03. The van der Waals surface area contributed by atoms with E-state index in [1.54, 1.807) is 11.8 Å². The van der Waals surface area contributed by atoms with Gasteiger partial charge in [0.15, 0.2) is 6.54 Å². The summed E-state index contributed by atoms with van der Waals surface area (Å²) >= 11 is 0. The van der Waals surface area contributed by atoms with Crippen LogP contribution >= 0.6 is 0 Å². The van der Waals surface area contributed by atoms with Gasteiger partial charge in [-0.3, -0.25) is 14.4 Å². The van der Waals surface area contributed by atoms with Crippen LogP contribution in [0.15, 0.2) is 24.3 Å². The number of fused-ring (bicyclic) bond motifs is 1. The van der Waals surface area contributed by atoms with E-state index in [9.17, 15) is 14.4 Å². The number of para-hydroxylation sites is 2. The van der Waals surface area contributed by atoms with Crippen molar-refractivity contribution in [3.8, 4) is 0 Å². The van der Waals surface area contributed by atoms with E-state index in [0.29, 0.717) is 25.3 Å². The molecule has 3 amide bonds. The summed E-state index contributed by atoms with van der Waals surface area (Å²) in [6, 6.07) is 7.24. The van der Waals surface area contributed by atoms with E-state index >= 15 is 0 Å². The van der Waals surface area contributed by atoms with Crippen LogP contribution in [0.25, 0.3) is 0 Å². The number of nitrogens with zero attached hydrogens (tertiary/aromatic N) is 2. The van der Waals surface area contributed by atoms with Gasteiger partial charge in [0.25, 0.3) is 5.91 Å². The molecule has 134 valence electrons. The standard InChI is InChI=1S/C18H24N4O3/c1-13-11-17(24)19-15-5-3-4-6-16(15)22(13)18(25)12-20-7-9-21(10-8-20)14(2)23/h3-6,13H,7-12H2,1-2H3,(H,19,24)/p+1/t13-/m1/s1. The summed E-state index contributed by atoms with van der Waals surface area (Å²) in [5, 5.41) is 2.88. The molecule has 1 fully saturated rings. The minimum atomic E-state index is -0.186. The molecule has 7 nitrogen and oxygen atoms in total. The Morgan fingerprint density at radius 1 is 1.24 bits per heavy atom. The lowest BCUT2D eigenvalue weighted by atomic mass is 10.1. The van der Waals surface area contributed by atoms with Crippen LogP contribution in [0.3, 0.4) is 0 Å². The van der Waals surface area contributed by atoms with Gasteiger partial charge in [0.2, 0.25) is 11.8 Å². The van der Waals surface area contributed by atoms with Crippen molar-refractivity contribution < 1.29 is 19.3 Å². The second kappa shape index (κ2) is 7.23. The average Bonchev–Trinajstić information content (AvgIpc) is 2.69. The maximum absolute atomic E-state index is 13.0. The highest BCUT2D eigenvalue weighted by molar-refractivity contribution is 6.04. The Balaban J connectivity index is 1.73. The van der Waals surface area contributed by atoms with Crippen molar-refractivity contribution in [2.45, 2.75) is 26.3 Å². The van der Waals surface area contributed by atoms with E-state index in [1.807, 2.05) is 36.1 Å². The SMILES string of the molecule is CC(=O)N1CC[NH+](CC(=O)N2c3ccccc3NC(=O)C[C@H]2C)CC1. The van der Waals surface area contributed by atoms with Crippen molar-refractivity contribution in [1.29, 1.82) is 0 Å². The van der Waals surface area contributed by atoms with Crippen LogP contribution in [0.2, 0.25) is 0 Å². The Morgan fingerprint density at radius 2 is 1.92 bits per heavy atom. The molecule has 2 heterocycles. The Hall–Kier alpha value is -2.41. The number of carbonyl (C=O) groups is 3. The van der Waals surface area contributed by atoms with Crippen LogP contribution in [0.4, 0.5) is 11.4 Å². The molecule has 2 aliphatic rings. The zero-order valence-electron chi connectivity index (χ0n) is 14.7. The fourth-order valence-corrected chi connectivity index (χ4v) is 3.58. The molecular weight excluding hydrogens is 320 g/mol. The number of anilines is 2. The molecular formula is C18H25N4O3+. The van der Waals surface area contributed by atoms with Gasteiger partial charge in [-0.05, 0) is 19.1 Å². The molecule has 7 heteroatoms. The molecule has 0 radical (unpaired) electrons. The van der Waals surface area contributed by atoms with Crippen molar-refractivity contribution in [1.82, 2.24) is 4.90 Å². The Bertz CT molecular complexity index is 683. The third kappa shape index (κ3) is 3.82. The minimum absolute atomic E-state index is 0.0164. The average molecular weight is 345 g/mol. The lowest BCUT2D eigenvalue weighted by Crippen LogP contribution is -3.16. The molecule has 0 saturated carbocycles. The van der Waals surface area contributed by atoms with Gasteiger partial charge in [0.05, 0.1) is 37.6 Å².